The van der Waals surface area contributed by atoms with Crippen LogP contribution in [0.4, 0.5) is 0 Å². The molecule has 0 N–H and O–H groups in total. The van der Waals surface area contributed by atoms with Crippen molar-refractivity contribution in [3.63, 3.8) is 0 Å². The predicted molar refractivity (Wildman–Crippen MR) is 59.3 cm³/mol. The Labute approximate surface area is 86.1 Å². The van der Waals surface area contributed by atoms with E-state index in [1.807, 2.05) is 58.0 Å². The van der Waals surface area contributed by atoms with Crippen molar-refractivity contribution in [3.05, 3.63) is 35.9 Å². The fourth-order valence-corrected chi connectivity index (χ4v) is 1.54. The summed E-state index contributed by atoms with van der Waals surface area (Å²) in [7, 11) is 0. The van der Waals surface area contributed by atoms with Crippen LogP contribution in [0.2, 0.25) is 0 Å². The van der Waals surface area contributed by atoms with Gasteiger partial charge in [-0.05, 0) is 5.56 Å². The topological polar surface area (TPSA) is 17.1 Å². The molecule has 0 aliphatic rings. The lowest BCUT2D eigenvalue weighted by atomic mass is 9.81. The van der Waals surface area contributed by atoms with Gasteiger partial charge >= 0.3 is 0 Å². The summed E-state index contributed by atoms with van der Waals surface area (Å²) in [6.45, 7) is 7.88. The normalized spacial score (nSPS) is 13.7. The zero-order valence-corrected chi connectivity index (χ0v) is 9.37. The molecule has 1 rings (SSSR count). The second kappa shape index (κ2) is 3.95. The first-order valence-corrected chi connectivity index (χ1v) is 5.02. The Hall–Kier alpha value is -1.11. The summed E-state index contributed by atoms with van der Waals surface area (Å²) in [5, 5.41) is 0. The number of carbonyl (C=O) groups excluding carboxylic acids is 1. The Bertz CT molecular complexity index is 306. The molecule has 0 bridgehead atoms. The van der Waals surface area contributed by atoms with E-state index >= 15 is 0 Å². The number of hydrogen-bond donors (Lipinski definition) is 0. The molecule has 0 aliphatic heterocycles. The van der Waals surface area contributed by atoms with Crippen LogP contribution in [0.5, 0.6) is 0 Å². The van der Waals surface area contributed by atoms with E-state index in [1.54, 1.807) is 0 Å². The molecular weight excluding hydrogens is 172 g/mol. The van der Waals surface area contributed by atoms with E-state index in [2.05, 4.69) is 0 Å². The highest BCUT2D eigenvalue weighted by Crippen LogP contribution is 2.26. The predicted octanol–water partition coefficient (Wildman–Crippen LogP) is 3.41. The van der Waals surface area contributed by atoms with Crippen LogP contribution in [-0.2, 0) is 4.79 Å². The van der Waals surface area contributed by atoms with Gasteiger partial charge in [0.05, 0.1) is 0 Å². The minimum Gasteiger partial charge on any atom is -0.298 e. The lowest BCUT2D eigenvalue weighted by Gasteiger charge is -2.21. The molecule has 0 saturated carbocycles. The minimum absolute atomic E-state index is 0.00352. The number of hydrogen-bond acceptors (Lipinski definition) is 1. The van der Waals surface area contributed by atoms with Crippen LogP contribution >= 0.6 is 0 Å². The first kappa shape index (κ1) is 11.0. The third-order valence-electron chi connectivity index (χ3n) is 2.43. The van der Waals surface area contributed by atoms with E-state index in [-0.39, 0.29) is 11.3 Å². The number of benzene rings is 1. The van der Waals surface area contributed by atoms with Gasteiger partial charge in [-0.15, -0.1) is 0 Å². The van der Waals surface area contributed by atoms with Gasteiger partial charge in [-0.1, -0.05) is 58.0 Å². The van der Waals surface area contributed by atoms with Crippen molar-refractivity contribution in [1.29, 1.82) is 0 Å². The van der Waals surface area contributed by atoms with E-state index in [4.69, 9.17) is 0 Å². The van der Waals surface area contributed by atoms with Gasteiger partial charge in [0.25, 0.3) is 0 Å². The van der Waals surface area contributed by atoms with E-state index < -0.39 is 0 Å². The summed E-state index contributed by atoms with van der Waals surface area (Å²) in [5.74, 6) is 0.292. The van der Waals surface area contributed by atoms with Gasteiger partial charge < -0.3 is 0 Å². The van der Waals surface area contributed by atoms with Crippen LogP contribution in [-0.4, -0.2) is 5.78 Å². The fourth-order valence-electron chi connectivity index (χ4n) is 1.54. The molecule has 1 aromatic rings. The lowest BCUT2D eigenvalue weighted by molar-refractivity contribution is -0.127. The monoisotopic (exact) mass is 190 g/mol. The van der Waals surface area contributed by atoms with Crippen LogP contribution in [0.25, 0.3) is 0 Å². The van der Waals surface area contributed by atoms with Crippen LogP contribution in [0.15, 0.2) is 30.3 Å². The average molecular weight is 190 g/mol. The molecular formula is C13H18O. The molecule has 76 valence electrons. The van der Waals surface area contributed by atoms with Crippen molar-refractivity contribution in [3.8, 4) is 0 Å². The van der Waals surface area contributed by atoms with Gasteiger partial charge in [-0.2, -0.15) is 0 Å². The van der Waals surface area contributed by atoms with Crippen LogP contribution in [0.1, 0.15) is 39.2 Å². The van der Waals surface area contributed by atoms with E-state index in [9.17, 15) is 4.79 Å². The molecule has 1 unspecified atom stereocenters. The van der Waals surface area contributed by atoms with E-state index in [0.717, 1.165) is 5.56 Å². The molecule has 0 spiro atoms. The maximum absolute atomic E-state index is 12.0. The van der Waals surface area contributed by atoms with E-state index in [0.29, 0.717) is 5.78 Å². The van der Waals surface area contributed by atoms with Gasteiger partial charge in [-0.3, -0.25) is 4.79 Å². The molecule has 14 heavy (non-hydrogen) atoms. The molecule has 0 amide bonds. The van der Waals surface area contributed by atoms with Crippen molar-refractivity contribution >= 4 is 5.78 Å². The quantitative estimate of drug-likeness (QED) is 0.698. The summed E-state index contributed by atoms with van der Waals surface area (Å²) in [4.78, 5) is 12.0. The highest BCUT2D eigenvalue weighted by atomic mass is 16.1. The van der Waals surface area contributed by atoms with Crippen LogP contribution in [0, 0.1) is 5.41 Å². The van der Waals surface area contributed by atoms with Crippen molar-refractivity contribution < 1.29 is 4.79 Å². The first-order valence-electron chi connectivity index (χ1n) is 5.02. The van der Waals surface area contributed by atoms with E-state index in [1.165, 1.54) is 0 Å². The zero-order valence-electron chi connectivity index (χ0n) is 9.37. The molecule has 1 aromatic carbocycles. The standard InChI is InChI=1S/C13H18O/c1-10(12(14)13(2,3)4)11-8-6-5-7-9-11/h5-10H,1-4H3. The molecule has 0 fully saturated rings. The molecule has 0 heterocycles. The van der Waals surface area contributed by atoms with Gasteiger partial charge in [0.1, 0.15) is 5.78 Å². The SMILES string of the molecule is CC(C(=O)C(C)(C)C)c1ccccc1. The summed E-state index contributed by atoms with van der Waals surface area (Å²) in [6.07, 6.45) is 0. The Kier molecular flexibility index (Phi) is 3.10. The van der Waals surface area contributed by atoms with Crippen molar-refractivity contribution in [2.75, 3.05) is 0 Å². The Morgan fingerprint density at radius 2 is 1.64 bits per heavy atom. The zero-order chi connectivity index (χ0) is 10.8. The molecule has 0 radical (unpaired) electrons. The lowest BCUT2D eigenvalue weighted by Crippen LogP contribution is -2.25. The highest BCUT2D eigenvalue weighted by Gasteiger charge is 2.27. The summed E-state index contributed by atoms with van der Waals surface area (Å²) >= 11 is 0. The average Bonchev–Trinajstić information content (AvgIpc) is 2.15. The maximum Gasteiger partial charge on any atom is 0.145 e. The summed E-state index contributed by atoms with van der Waals surface area (Å²) < 4.78 is 0. The summed E-state index contributed by atoms with van der Waals surface area (Å²) in [6, 6.07) is 9.93. The Balaban J connectivity index is 2.87. The summed E-state index contributed by atoms with van der Waals surface area (Å²) in [5.41, 5.74) is 0.849. The maximum atomic E-state index is 12.0. The second-order valence-electron chi connectivity index (χ2n) is 4.75. The molecule has 0 aliphatic carbocycles. The fraction of sp³-hybridized carbons (Fsp3) is 0.462. The third kappa shape index (κ3) is 2.44. The smallest absolute Gasteiger partial charge is 0.145 e. The number of rotatable bonds is 2. The third-order valence-corrected chi connectivity index (χ3v) is 2.43. The molecule has 0 saturated heterocycles. The number of ketones is 1. The van der Waals surface area contributed by atoms with Gasteiger partial charge in [-0.25, -0.2) is 0 Å². The minimum atomic E-state index is -0.255. The van der Waals surface area contributed by atoms with Crippen molar-refractivity contribution in [2.24, 2.45) is 5.41 Å². The second-order valence-corrected chi connectivity index (χ2v) is 4.75. The Morgan fingerprint density at radius 1 is 1.14 bits per heavy atom. The highest BCUT2D eigenvalue weighted by molar-refractivity contribution is 5.89. The Morgan fingerprint density at radius 3 is 2.07 bits per heavy atom. The van der Waals surface area contributed by atoms with Crippen molar-refractivity contribution in [1.82, 2.24) is 0 Å². The van der Waals surface area contributed by atoms with Crippen molar-refractivity contribution in [2.45, 2.75) is 33.6 Å². The van der Waals surface area contributed by atoms with Gasteiger partial charge in [0.2, 0.25) is 0 Å². The van der Waals surface area contributed by atoms with Gasteiger partial charge in [0, 0.05) is 11.3 Å². The molecule has 0 aromatic heterocycles. The molecule has 1 atom stereocenters. The number of Topliss-reactive ketones (excluding diaryl/α,β-unsaturated/α-hetero) is 1. The largest absolute Gasteiger partial charge is 0.298 e. The first-order chi connectivity index (χ1) is 6.43. The van der Waals surface area contributed by atoms with Crippen LogP contribution < -0.4 is 0 Å². The number of carbonyl (C=O) groups is 1. The van der Waals surface area contributed by atoms with Gasteiger partial charge in [0.15, 0.2) is 0 Å². The van der Waals surface area contributed by atoms with Crippen LogP contribution in [0.3, 0.4) is 0 Å². The molecule has 1 nitrogen and oxygen atoms in total. The molecule has 1 heteroatoms.